The normalized spacial score (nSPS) is 12.1. The van der Waals surface area contributed by atoms with Crippen molar-refractivity contribution in [1.29, 1.82) is 0 Å². The Bertz CT molecular complexity index is 2040. The number of aromatic nitrogens is 1. The van der Waals surface area contributed by atoms with E-state index in [-0.39, 0.29) is 0 Å². The van der Waals surface area contributed by atoms with Crippen LogP contribution in [0.5, 0.6) is 0 Å². The van der Waals surface area contributed by atoms with E-state index in [4.69, 9.17) is 5.73 Å². The summed E-state index contributed by atoms with van der Waals surface area (Å²) in [6, 6.07) is 44.2. The van der Waals surface area contributed by atoms with E-state index in [9.17, 15) is 0 Å². The summed E-state index contributed by atoms with van der Waals surface area (Å²) in [5, 5.41) is 7.58. The van der Waals surface area contributed by atoms with Gasteiger partial charge in [0, 0.05) is 21.8 Å². The molecule has 0 radical (unpaired) electrons. The second kappa shape index (κ2) is 9.66. The van der Waals surface area contributed by atoms with Gasteiger partial charge in [-0.05, 0) is 75.8 Å². The number of hydrogen-bond acceptors (Lipinski definition) is 1. The first-order chi connectivity index (χ1) is 19.3. The molecule has 0 fully saturated rings. The van der Waals surface area contributed by atoms with Gasteiger partial charge in [0.2, 0.25) is 0 Å². The van der Waals surface area contributed by atoms with Gasteiger partial charge in [-0.1, -0.05) is 109 Å². The highest BCUT2D eigenvalue weighted by atomic mass is 15.0. The minimum absolute atomic E-state index is 0.853. The number of rotatable bonds is 5. The van der Waals surface area contributed by atoms with Gasteiger partial charge in [-0.3, -0.25) is 0 Å². The van der Waals surface area contributed by atoms with Crippen LogP contribution in [0.15, 0.2) is 146 Å². The molecule has 0 unspecified atom stereocenters. The molecule has 0 bridgehead atoms. The first-order valence-corrected chi connectivity index (χ1v) is 13.4. The van der Waals surface area contributed by atoms with Crippen molar-refractivity contribution in [3.8, 4) is 16.8 Å². The molecule has 186 valence electrons. The fourth-order valence-corrected chi connectivity index (χ4v) is 5.85. The third kappa shape index (κ3) is 3.98. The Morgan fingerprint density at radius 1 is 0.590 bits per heavy atom. The molecular weight excluding hydrogens is 472 g/mol. The number of para-hydroxylation sites is 1. The molecule has 0 aliphatic carbocycles. The standard InChI is InChI=1S/C37H28N2/c38-23-8-2-3-10-26-17-20-34-35-22-19-29-25-28(32-16-9-12-27-11-6-7-15-31(27)32)18-21-33(29)37(35)39(36(34)24-26)30-13-4-1-5-14-30/h1-9,11-25H,10,38H2/b3-2-,23-8-. The van der Waals surface area contributed by atoms with E-state index in [0.717, 1.165) is 6.42 Å². The molecule has 0 amide bonds. The highest BCUT2D eigenvalue weighted by Crippen LogP contribution is 2.39. The van der Waals surface area contributed by atoms with Crippen molar-refractivity contribution >= 4 is 43.4 Å². The molecular formula is C37H28N2. The predicted molar refractivity (Wildman–Crippen MR) is 167 cm³/mol. The number of fused-ring (bicyclic) bond motifs is 6. The van der Waals surface area contributed by atoms with Gasteiger partial charge in [0.15, 0.2) is 0 Å². The molecule has 39 heavy (non-hydrogen) atoms. The first kappa shape index (κ1) is 23.1. The van der Waals surface area contributed by atoms with Crippen LogP contribution in [-0.2, 0) is 6.42 Å². The van der Waals surface area contributed by atoms with Crippen molar-refractivity contribution in [2.45, 2.75) is 6.42 Å². The molecule has 7 aromatic rings. The lowest BCUT2D eigenvalue weighted by atomic mass is 9.95. The molecule has 0 spiro atoms. The fourth-order valence-electron chi connectivity index (χ4n) is 5.85. The fraction of sp³-hybridized carbons (Fsp3) is 0.0270. The molecule has 1 heterocycles. The SMILES string of the molecule is N/C=C\C=C/Cc1ccc2c3ccc4cc(-c5cccc6ccccc56)ccc4c3n(-c3ccccc3)c2c1. The van der Waals surface area contributed by atoms with Crippen LogP contribution in [0.25, 0.3) is 60.2 Å². The number of allylic oxidation sites excluding steroid dienone is 3. The summed E-state index contributed by atoms with van der Waals surface area (Å²) in [7, 11) is 0. The van der Waals surface area contributed by atoms with Crippen LogP contribution in [0.2, 0.25) is 0 Å². The van der Waals surface area contributed by atoms with E-state index in [1.807, 2.05) is 12.2 Å². The van der Waals surface area contributed by atoms with Crippen LogP contribution >= 0.6 is 0 Å². The van der Waals surface area contributed by atoms with E-state index in [1.165, 1.54) is 65.7 Å². The Labute approximate surface area is 227 Å². The lowest BCUT2D eigenvalue weighted by molar-refractivity contribution is 1.18. The second-order valence-electron chi connectivity index (χ2n) is 9.96. The van der Waals surface area contributed by atoms with Gasteiger partial charge in [0.25, 0.3) is 0 Å². The Hall–Kier alpha value is -5.08. The summed E-state index contributed by atoms with van der Waals surface area (Å²) in [6.07, 6.45) is 8.41. The molecule has 1 aromatic heterocycles. The lowest BCUT2D eigenvalue weighted by Crippen LogP contribution is -1.95. The number of benzene rings is 6. The zero-order valence-corrected chi connectivity index (χ0v) is 21.6. The Morgan fingerprint density at radius 3 is 2.28 bits per heavy atom. The molecule has 7 rings (SSSR count). The smallest absolute Gasteiger partial charge is 0.0619 e. The molecule has 6 aromatic carbocycles. The van der Waals surface area contributed by atoms with E-state index in [0.29, 0.717) is 0 Å². The van der Waals surface area contributed by atoms with Crippen LogP contribution in [0, 0.1) is 0 Å². The van der Waals surface area contributed by atoms with E-state index in [1.54, 1.807) is 6.20 Å². The third-order valence-electron chi connectivity index (χ3n) is 7.64. The zero-order chi connectivity index (χ0) is 26.2. The van der Waals surface area contributed by atoms with Crippen molar-refractivity contribution in [2.75, 3.05) is 0 Å². The molecule has 2 nitrogen and oxygen atoms in total. The van der Waals surface area contributed by atoms with Crippen LogP contribution < -0.4 is 5.73 Å². The maximum atomic E-state index is 5.49. The van der Waals surface area contributed by atoms with Gasteiger partial charge < -0.3 is 10.3 Å². The first-order valence-electron chi connectivity index (χ1n) is 13.4. The van der Waals surface area contributed by atoms with Crippen LogP contribution in [0.3, 0.4) is 0 Å². The second-order valence-corrected chi connectivity index (χ2v) is 9.96. The number of nitrogens with zero attached hydrogens (tertiary/aromatic N) is 1. The van der Waals surface area contributed by atoms with Crippen LogP contribution in [0.1, 0.15) is 5.56 Å². The number of hydrogen-bond donors (Lipinski definition) is 1. The summed E-state index contributed by atoms with van der Waals surface area (Å²) in [4.78, 5) is 0. The summed E-state index contributed by atoms with van der Waals surface area (Å²) >= 11 is 0. The third-order valence-corrected chi connectivity index (χ3v) is 7.64. The minimum atomic E-state index is 0.853. The summed E-state index contributed by atoms with van der Waals surface area (Å²) in [5.74, 6) is 0. The Morgan fingerprint density at radius 2 is 1.38 bits per heavy atom. The van der Waals surface area contributed by atoms with E-state index >= 15 is 0 Å². The van der Waals surface area contributed by atoms with E-state index in [2.05, 4.69) is 132 Å². The summed E-state index contributed by atoms with van der Waals surface area (Å²) in [5.41, 5.74) is 12.9. The largest absolute Gasteiger partial charge is 0.405 e. The van der Waals surface area contributed by atoms with Gasteiger partial charge in [-0.25, -0.2) is 0 Å². The maximum Gasteiger partial charge on any atom is 0.0619 e. The minimum Gasteiger partial charge on any atom is -0.405 e. The molecule has 0 saturated heterocycles. The lowest BCUT2D eigenvalue weighted by Gasteiger charge is -2.12. The van der Waals surface area contributed by atoms with Crippen molar-refractivity contribution in [1.82, 2.24) is 4.57 Å². The van der Waals surface area contributed by atoms with Gasteiger partial charge in [0.1, 0.15) is 0 Å². The quantitative estimate of drug-likeness (QED) is 0.235. The molecule has 0 aliphatic heterocycles. The summed E-state index contributed by atoms with van der Waals surface area (Å²) < 4.78 is 2.43. The monoisotopic (exact) mass is 500 g/mol. The Balaban J connectivity index is 1.48. The van der Waals surface area contributed by atoms with Crippen molar-refractivity contribution in [3.63, 3.8) is 0 Å². The van der Waals surface area contributed by atoms with Gasteiger partial charge in [-0.2, -0.15) is 0 Å². The predicted octanol–water partition coefficient (Wildman–Crippen LogP) is 9.33. The zero-order valence-electron chi connectivity index (χ0n) is 21.6. The van der Waals surface area contributed by atoms with Crippen molar-refractivity contribution in [3.05, 3.63) is 151 Å². The van der Waals surface area contributed by atoms with E-state index < -0.39 is 0 Å². The van der Waals surface area contributed by atoms with Crippen molar-refractivity contribution < 1.29 is 0 Å². The topological polar surface area (TPSA) is 30.9 Å². The molecule has 0 aliphatic rings. The highest BCUT2D eigenvalue weighted by Gasteiger charge is 2.16. The average Bonchev–Trinajstić information content (AvgIpc) is 3.33. The summed E-state index contributed by atoms with van der Waals surface area (Å²) in [6.45, 7) is 0. The van der Waals surface area contributed by atoms with Crippen LogP contribution in [0.4, 0.5) is 0 Å². The van der Waals surface area contributed by atoms with Gasteiger partial charge in [0.05, 0.1) is 11.0 Å². The number of nitrogens with two attached hydrogens (primary N) is 1. The maximum absolute atomic E-state index is 5.49. The Kier molecular flexibility index (Phi) is 5.71. The van der Waals surface area contributed by atoms with Crippen LogP contribution in [-0.4, -0.2) is 4.57 Å². The molecule has 2 N–H and O–H groups in total. The van der Waals surface area contributed by atoms with Gasteiger partial charge >= 0.3 is 0 Å². The molecule has 2 heteroatoms. The molecule has 0 saturated carbocycles. The van der Waals surface area contributed by atoms with Gasteiger partial charge in [-0.15, -0.1) is 0 Å². The average molecular weight is 501 g/mol. The highest BCUT2D eigenvalue weighted by molar-refractivity contribution is 6.19. The van der Waals surface area contributed by atoms with Crippen molar-refractivity contribution in [2.24, 2.45) is 5.73 Å². The molecule has 0 atom stereocenters.